The van der Waals surface area contributed by atoms with Gasteiger partial charge in [0.1, 0.15) is 11.5 Å². The summed E-state index contributed by atoms with van der Waals surface area (Å²) < 4.78 is 9.83. The number of benzene rings is 1. The second-order valence-corrected chi connectivity index (χ2v) is 3.65. The summed E-state index contributed by atoms with van der Waals surface area (Å²) in [5.41, 5.74) is -0.125. The summed E-state index contributed by atoms with van der Waals surface area (Å²) in [4.78, 5) is 33.3. The summed E-state index contributed by atoms with van der Waals surface area (Å²) in [6, 6.07) is 3.69. The number of carboxylic acid groups (broad SMARTS) is 1. The van der Waals surface area contributed by atoms with Gasteiger partial charge >= 0.3 is 17.9 Å². The minimum Gasteiger partial charge on any atom is -0.478 e. The van der Waals surface area contributed by atoms with Crippen LogP contribution in [0.4, 0.5) is 0 Å². The molecule has 0 saturated heterocycles. The van der Waals surface area contributed by atoms with Crippen LogP contribution in [0.2, 0.25) is 0 Å². The molecule has 1 aromatic rings. The Morgan fingerprint density at radius 2 is 1.37 bits per heavy atom. The molecule has 0 heterocycles. The van der Waals surface area contributed by atoms with Gasteiger partial charge in [-0.2, -0.15) is 0 Å². The molecule has 6 heteroatoms. The predicted octanol–water partition coefficient (Wildman–Crippen LogP) is 2.02. The summed E-state index contributed by atoms with van der Waals surface area (Å²) in [6.07, 6.45) is 0.308. The standard InChI is InChI=1S/C13H14O6/c1-3-11(14)18-9-5-8(13(16)17)6-10(7-9)19-12(15)4-2/h5-7H,3-4H2,1-2H3,(H,16,17). The molecule has 19 heavy (non-hydrogen) atoms. The van der Waals surface area contributed by atoms with Gasteiger partial charge in [-0.3, -0.25) is 9.59 Å². The fraction of sp³-hybridized carbons (Fsp3) is 0.308. The lowest BCUT2D eigenvalue weighted by molar-refractivity contribution is -0.134. The van der Waals surface area contributed by atoms with Crippen molar-refractivity contribution in [1.29, 1.82) is 0 Å². The molecule has 6 nitrogen and oxygen atoms in total. The van der Waals surface area contributed by atoms with Crippen molar-refractivity contribution in [3.63, 3.8) is 0 Å². The van der Waals surface area contributed by atoms with E-state index in [9.17, 15) is 14.4 Å². The van der Waals surface area contributed by atoms with E-state index in [1.54, 1.807) is 13.8 Å². The maximum absolute atomic E-state index is 11.2. The van der Waals surface area contributed by atoms with Gasteiger partial charge < -0.3 is 14.6 Å². The summed E-state index contributed by atoms with van der Waals surface area (Å²) in [7, 11) is 0. The second kappa shape index (κ2) is 6.53. The number of hydrogen-bond donors (Lipinski definition) is 1. The molecule has 0 saturated carbocycles. The van der Waals surface area contributed by atoms with Gasteiger partial charge in [0.2, 0.25) is 0 Å². The average Bonchev–Trinajstić information content (AvgIpc) is 2.37. The molecule has 1 aromatic carbocycles. The highest BCUT2D eigenvalue weighted by atomic mass is 16.5. The van der Waals surface area contributed by atoms with Crippen LogP contribution in [0.15, 0.2) is 18.2 Å². The Morgan fingerprint density at radius 3 is 1.68 bits per heavy atom. The van der Waals surface area contributed by atoms with Crippen LogP contribution >= 0.6 is 0 Å². The summed E-state index contributed by atoms with van der Waals surface area (Å²) >= 11 is 0. The molecule has 0 fully saturated rings. The van der Waals surface area contributed by atoms with Crippen molar-refractivity contribution in [2.75, 3.05) is 0 Å². The number of hydrogen-bond acceptors (Lipinski definition) is 5. The molecule has 0 aliphatic rings. The maximum Gasteiger partial charge on any atom is 0.335 e. The number of esters is 2. The lowest BCUT2D eigenvalue weighted by atomic mass is 10.2. The molecule has 0 aromatic heterocycles. The topological polar surface area (TPSA) is 89.9 Å². The van der Waals surface area contributed by atoms with Gasteiger partial charge in [0, 0.05) is 18.9 Å². The molecule has 0 atom stereocenters. The molecule has 0 unspecified atom stereocenters. The Morgan fingerprint density at radius 1 is 0.947 bits per heavy atom. The Hall–Kier alpha value is -2.37. The zero-order valence-corrected chi connectivity index (χ0v) is 10.6. The Balaban J connectivity index is 3.06. The zero-order valence-electron chi connectivity index (χ0n) is 10.6. The van der Waals surface area contributed by atoms with E-state index in [1.807, 2.05) is 0 Å². The molecule has 0 aliphatic heterocycles. The molecule has 0 aliphatic carbocycles. The highest BCUT2D eigenvalue weighted by molar-refractivity contribution is 5.89. The van der Waals surface area contributed by atoms with E-state index in [1.165, 1.54) is 18.2 Å². The lowest BCUT2D eigenvalue weighted by Crippen LogP contribution is -2.09. The Kier molecular flexibility index (Phi) is 5.05. The van der Waals surface area contributed by atoms with E-state index >= 15 is 0 Å². The van der Waals surface area contributed by atoms with Crippen LogP contribution in [0.1, 0.15) is 37.0 Å². The summed E-state index contributed by atoms with van der Waals surface area (Å²) in [5, 5.41) is 8.94. The van der Waals surface area contributed by atoms with E-state index in [0.717, 1.165) is 0 Å². The van der Waals surface area contributed by atoms with Gasteiger partial charge in [-0.25, -0.2) is 4.79 Å². The first kappa shape index (κ1) is 14.7. The van der Waals surface area contributed by atoms with Crippen LogP contribution in [0.25, 0.3) is 0 Å². The molecule has 102 valence electrons. The van der Waals surface area contributed by atoms with E-state index in [4.69, 9.17) is 14.6 Å². The van der Waals surface area contributed by atoms with E-state index in [-0.39, 0.29) is 29.9 Å². The van der Waals surface area contributed by atoms with Crippen LogP contribution in [0.5, 0.6) is 11.5 Å². The van der Waals surface area contributed by atoms with Gasteiger partial charge in [0.15, 0.2) is 0 Å². The fourth-order valence-electron chi connectivity index (χ4n) is 1.22. The molecule has 0 bridgehead atoms. The minimum absolute atomic E-state index is 0.0330. The smallest absolute Gasteiger partial charge is 0.335 e. The van der Waals surface area contributed by atoms with Crippen molar-refractivity contribution in [1.82, 2.24) is 0 Å². The predicted molar refractivity (Wildman–Crippen MR) is 65.3 cm³/mol. The van der Waals surface area contributed by atoms with Gasteiger partial charge in [-0.1, -0.05) is 13.8 Å². The molecular weight excluding hydrogens is 252 g/mol. The first-order valence-electron chi connectivity index (χ1n) is 5.76. The van der Waals surface area contributed by atoms with Gasteiger partial charge in [-0.05, 0) is 12.1 Å². The van der Waals surface area contributed by atoms with Crippen LogP contribution in [0, 0.1) is 0 Å². The first-order valence-corrected chi connectivity index (χ1v) is 5.76. The van der Waals surface area contributed by atoms with Crippen molar-refractivity contribution in [3.05, 3.63) is 23.8 Å². The van der Waals surface area contributed by atoms with E-state index in [0.29, 0.717) is 0 Å². The first-order chi connectivity index (χ1) is 8.96. The molecule has 1 rings (SSSR count). The molecule has 0 amide bonds. The van der Waals surface area contributed by atoms with Crippen LogP contribution in [0.3, 0.4) is 0 Å². The SMILES string of the molecule is CCC(=O)Oc1cc(OC(=O)CC)cc(C(=O)O)c1. The third-order valence-corrected chi connectivity index (χ3v) is 2.17. The zero-order chi connectivity index (χ0) is 14.4. The quantitative estimate of drug-likeness (QED) is 0.647. The highest BCUT2D eigenvalue weighted by Gasteiger charge is 2.12. The van der Waals surface area contributed by atoms with Crippen molar-refractivity contribution >= 4 is 17.9 Å². The molecule has 0 spiro atoms. The number of carboxylic acids is 1. The largest absolute Gasteiger partial charge is 0.478 e. The van der Waals surface area contributed by atoms with E-state index < -0.39 is 17.9 Å². The second-order valence-electron chi connectivity index (χ2n) is 3.65. The number of carbonyl (C=O) groups excluding carboxylic acids is 2. The van der Waals surface area contributed by atoms with Gasteiger partial charge in [0.05, 0.1) is 5.56 Å². The number of ether oxygens (including phenoxy) is 2. The van der Waals surface area contributed by atoms with Crippen molar-refractivity contribution in [2.24, 2.45) is 0 Å². The minimum atomic E-state index is -1.21. The Bertz CT molecular complexity index is 470. The maximum atomic E-state index is 11.2. The third-order valence-electron chi connectivity index (χ3n) is 2.17. The molecule has 1 N–H and O–H groups in total. The average molecular weight is 266 g/mol. The van der Waals surface area contributed by atoms with Crippen molar-refractivity contribution < 1.29 is 29.0 Å². The van der Waals surface area contributed by atoms with Crippen LogP contribution in [-0.2, 0) is 9.59 Å². The highest BCUT2D eigenvalue weighted by Crippen LogP contribution is 2.24. The monoisotopic (exact) mass is 266 g/mol. The van der Waals surface area contributed by atoms with Gasteiger partial charge in [0.25, 0.3) is 0 Å². The number of rotatable bonds is 5. The van der Waals surface area contributed by atoms with Crippen molar-refractivity contribution in [2.45, 2.75) is 26.7 Å². The third kappa shape index (κ3) is 4.42. The van der Waals surface area contributed by atoms with Crippen molar-refractivity contribution in [3.8, 4) is 11.5 Å². The number of carbonyl (C=O) groups is 3. The lowest BCUT2D eigenvalue weighted by Gasteiger charge is -2.08. The summed E-state index contributed by atoms with van der Waals surface area (Å²) in [6.45, 7) is 3.23. The normalized spacial score (nSPS) is 9.79. The molecule has 0 radical (unpaired) electrons. The van der Waals surface area contributed by atoms with E-state index in [2.05, 4.69) is 0 Å². The van der Waals surface area contributed by atoms with Crippen LogP contribution < -0.4 is 9.47 Å². The fourth-order valence-corrected chi connectivity index (χ4v) is 1.22. The summed E-state index contributed by atoms with van der Waals surface area (Å²) in [5.74, 6) is -2.15. The van der Waals surface area contributed by atoms with Gasteiger partial charge in [-0.15, -0.1) is 0 Å². The number of aromatic carboxylic acids is 1. The molecular formula is C13H14O6. The Labute approximate surface area is 109 Å². The van der Waals surface area contributed by atoms with Crippen LogP contribution in [-0.4, -0.2) is 23.0 Å².